The van der Waals surface area contributed by atoms with Crippen molar-refractivity contribution >= 4 is 29.0 Å². The fourth-order valence-electron chi connectivity index (χ4n) is 2.66. The van der Waals surface area contributed by atoms with E-state index in [2.05, 4.69) is 39.1 Å². The summed E-state index contributed by atoms with van der Waals surface area (Å²) in [6.45, 7) is 5.80. The lowest BCUT2D eigenvalue weighted by Crippen LogP contribution is -2.25. The van der Waals surface area contributed by atoms with E-state index < -0.39 is 0 Å². The predicted octanol–water partition coefficient (Wildman–Crippen LogP) is 3.74. The van der Waals surface area contributed by atoms with E-state index in [1.807, 2.05) is 23.8 Å². The van der Waals surface area contributed by atoms with Crippen molar-refractivity contribution in [3.05, 3.63) is 35.1 Å². The molecule has 0 saturated carbocycles. The molecule has 9 heteroatoms. The Kier molecular flexibility index (Phi) is 6.68. The third-order valence-electron chi connectivity index (χ3n) is 3.89. The molecule has 3 heterocycles. The van der Waals surface area contributed by atoms with Crippen LogP contribution in [-0.2, 0) is 13.0 Å². The summed E-state index contributed by atoms with van der Waals surface area (Å²) < 4.78 is 7.42. The van der Waals surface area contributed by atoms with Gasteiger partial charge in [0.1, 0.15) is 5.82 Å². The number of amides is 1. The summed E-state index contributed by atoms with van der Waals surface area (Å²) >= 11 is 3.15. The van der Waals surface area contributed by atoms with Gasteiger partial charge >= 0.3 is 0 Å². The minimum Gasteiger partial charge on any atom is -0.355 e. The highest BCUT2D eigenvalue weighted by atomic mass is 32.2. The van der Waals surface area contributed by atoms with Gasteiger partial charge in [-0.1, -0.05) is 36.8 Å². The number of carbonyl (C=O) groups is 1. The Morgan fingerprint density at radius 3 is 2.96 bits per heavy atom. The van der Waals surface area contributed by atoms with Gasteiger partial charge in [-0.25, -0.2) is 0 Å². The van der Waals surface area contributed by atoms with Gasteiger partial charge < -0.3 is 14.4 Å². The second kappa shape index (κ2) is 9.18. The largest absolute Gasteiger partial charge is 0.355 e. The number of carbonyl (C=O) groups excluding carboxylic acids is 1. The molecule has 3 aromatic rings. The number of thiophene rings is 1. The van der Waals surface area contributed by atoms with Crippen LogP contribution in [0.15, 0.2) is 33.3 Å². The predicted molar refractivity (Wildman–Crippen MR) is 107 cm³/mol. The molecule has 0 aliphatic carbocycles. The topological polar surface area (TPSA) is 85.8 Å². The van der Waals surface area contributed by atoms with Crippen molar-refractivity contribution in [3.8, 4) is 10.6 Å². The van der Waals surface area contributed by atoms with Gasteiger partial charge in [-0.05, 0) is 30.0 Å². The zero-order valence-corrected chi connectivity index (χ0v) is 17.3. The second-order valence-corrected chi connectivity index (χ2v) is 8.24. The number of rotatable bonds is 9. The Hall–Kier alpha value is -2.13. The molecule has 3 rings (SSSR count). The van der Waals surface area contributed by atoms with Crippen LogP contribution in [0.25, 0.3) is 10.6 Å². The van der Waals surface area contributed by atoms with E-state index in [0.717, 1.165) is 35.2 Å². The molecule has 0 unspecified atom stereocenters. The Balaban J connectivity index is 1.50. The summed E-state index contributed by atoms with van der Waals surface area (Å²) in [5.41, 5.74) is 0.297. The van der Waals surface area contributed by atoms with Gasteiger partial charge in [0.25, 0.3) is 5.91 Å². The lowest BCUT2D eigenvalue weighted by molar-refractivity contribution is 0.0944. The summed E-state index contributed by atoms with van der Waals surface area (Å²) in [7, 11) is 0. The maximum absolute atomic E-state index is 12.2. The lowest BCUT2D eigenvalue weighted by Gasteiger charge is -2.11. The summed E-state index contributed by atoms with van der Waals surface area (Å²) in [6, 6.07) is 5.54. The lowest BCUT2D eigenvalue weighted by atomic mass is 10.2. The minimum atomic E-state index is -0.227. The zero-order valence-electron chi connectivity index (χ0n) is 15.6. The Bertz CT molecular complexity index is 870. The maximum Gasteiger partial charge on any atom is 0.273 e. The Labute approximate surface area is 166 Å². The van der Waals surface area contributed by atoms with Crippen molar-refractivity contribution in [1.82, 2.24) is 25.2 Å². The molecule has 1 N–H and O–H groups in total. The number of thioether (sulfide) groups is 1. The molecular formula is C18H23N5O2S2. The third kappa shape index (κ3) is 4.98. The van der Waals surface area contributed by atoms with Crippen LogP contribution in [-0.4, -0.2) is 38.6 Å². The number of aromatic nitrogens is 4. The van der Waals surface area contributed by atoms with Crippen LogP contribution in [0.4, 0.5) is 0 Å². The van der Waals surface area contributed by atoms with Crippen LogP contribution in [0.5, 0.6) is 0 Å². The van der Waals surface area contributed by atoms with Crippen LogP contribution in [0.3, 0.4) is 0 Å². The van der Waals surface area contributed by atoms with Gasteiger partial charge in [-0.3, -0.25) is 4.79 Å². The van der Waals surface area contributed by atoms with Crippen molar-refractivity contribution in [2.45, 2.75) is 38.4 Å². The molecule has 0 aliphatic rings. The van der Waals surface area contributed by atoms with E-state index in [9.17, 15) is 4.79 Å². The minimum absolute atomic E-state index is 0.227. The van der Waals surface area contributed by atoms with Crippen molar-refractivity contribution in [2.24, 2.45) is 5.92 Å². The average Bonchev–Trinajstić information content (AvgIpc) is 3.38. The molecule has 0 bridgehead atoms. The average molecular weight is 406 g/mol. The molecule has 7 nitrogen and oxygen atoms in total. The molecule has 27 heavy (non-hydrogen) atoms. The molecule has 0 aromatic carbocycles. The maximum atomic E-state index is 12.2. The van der Waals surface area contributed by atoms with Crippen LogP contribution in [0.1, 0.15) is 36.6 Å². The van der Waals surface area contributed by atoms with E-state index in [0.29, 0.717) is 23.9 Å². The molecule has 144 valence electrons. The monoisotopic (exact) mass is 405 g/mol. The van der Waals surface area contributed by atoms with E-state index in [-0.39, 0.29) is 5.91 Å². The molecule has 0 atom stereocenters. The molecule has 0 aliphatic heterocycles. The van der Waals surface area contributed by atoms with Crippen LogP contribution < -0.4 is 5.32 Å². The van der Waals surface area contributed by atoms with Crippen LogP contribution in [0.2, 0.25) is 0 Å². The first-order valence-corrected chi connectivity index (χ1v) is 10.9. The molecule has 0 saturated heterocycles. The van der Waals surface area contributed by atoms with Crippen molar-refractivity contribution in [3.63, 3.8) is 0 Å². The van der Waals surface area contributed by atoms with Crippen LogP contribution in [0, 0.1) is 5.92 Å². The van der Waals surface area contributed by atoms with Crippen molar-refractivity contribution in [1.29, 1.82) is 0 Å². The molecule has 3 aromatic heterocycles. The number of hydrogen-bond donors (Lipinski definition) is 1. The highest BCUT2D eigenvalue weighted by molar-refractivity contribution is 7.98. The van der Waals surface area contributed by atoms with Gasteiger partial charge in [-0.15, -0.1) is 21.5 Å². The van der Waals surface area contributed by atoms with Gasteiger partial charge in [-0.2, -0.15) is 0 Å². The highest BCUT2D eigenvalue weighted by Gasteiger charge is 2.15. The quantitative estimate of drug-likeness (QED) is 0.431. The standard InChI is InChI=1S/C18H23N5O2S2/c1-12(2)11-23-16(20-21-18(23)26-3)7-4-8-19-17(24)13-10-14(25-22-13)15-6-5-9-27-15/h5-6,9-10,12H,4,7-8,11H2,1-3H3,(H,19,24). The SMILES string of the molecule is CSc1nnc(CCCNC(=O)c2cc(-c3cccs3)on2)n1CC(C)C. The van der Waals surface area contributed by atoms with Gasteiger partial charge in [0, 0.05) is 25.6 Å². The first kappa shape index (κ1) is 19.6. The summed E-state index contributed by atoms with van der Waals surface area (Å²) in [6.07, 6.45) is 3.55. The molecule has 0 fully saturated rings. The van der Waals surface area contributed by atoms with E-state index in [4.69, 9.17) is 4.52 Å². The van der Waals surface area contributed by atoms with Gasteiger partial charge in [0.05, 0.1) is 4.88 Å². The molecule has 1 amide bonds. The number of hydrogen-bond acceptors (Lipinski definition) is 7. The summed E-state index contributed by atoms with van der Waals surface area (Å²) in [4.78, 5) is 13.2. The van der Waals surface area contributed by atoms with Gasteiger partial charge in [0.2, 0.25) is 0 Å². The summed E-state index contributed by atoms with van der Waals surface area (Å²) in [5.74, 6) is 1.87. The first-order valence-electron chi connectivity index (χ1n) is 8.83. The Morgan fingerprint density at radius 1 is 1.41 bits per heavy atom. The zero-order chi connectivity index (χ0) is 19.2. The van der Waals surface area contributed by atoms with Crippen molar-refractivity contribution < 1.29 is 9.32 Å². The first-order chi connectivity index (χ1) is 13.1. The molecular weight excluding hydrogens is 382 g/mol. The Morgan fingerprint density at radius 2 is 2.26 bits per heavy atom. The fourth-order valence-corrected chi connectivity index (χ4v) is 3.86. The molecule has 0 radical (unpaired) electrons. The number of nitrogens with one attached hydrogen (secondary N) is 1. The number of nitrogens with zero attached hydrogens (tertiary/aromatic N) is 4. The fraction of sp³-hybridized carbons (Fsp3) is 0.444. The third-order valence-corrected chi connectivity index (χ3v) is 5.44. The van der Waals surface area contributed by atoms with E-state index >= 15 is 0 Å². The normalized spacial score (nSPS) is 11.3. The van der Waals surface area contributed by atoms with Crippen LogP contribution >= 0.6 is 23.1 Å². The molecule has 0 spiro atoms. The van der Waals surface area contributed by atoms with E-state index in [1.165, 1.54) is 0 Å². The highest BCUT2D eigenvalue weighted by Crippen LogP contribution is 2.25. The van der Waals surface area contributed by atoms with Crippen molar-refractivity contribution in [2.75, 3.05) is 12.8 Å². The van der Waals surface area contributed by atoms with E-state index in [1.54, 1.807) is 29.2 Å². The van der Waals surface area contributed by atoms with Gasteiger partial charge in [0.15, 0.2) is 16.6 Å². The second-order valence-electron chi connectivity index (χ2n) is 6.52. The smallest absolute Gasteiger partial charge is 0.273 e. The number of aryl methyl sites for hydroxylation is 1. The summed E-state index contributed by atoms with van der Waals surface area (Å²) in [5, 5.41) is 18.2.